The van der Waals surface area contributed by atoms with Crippen molar-refractivity contribution < 1.29 is 9.13 Å². The molecule has 0 radical (unpaired) electrons. The molecule has 1 aliphatic rings. The Kier molecular flexibility index (Phi) is 4.97. The maximum absolute atomic E-state index is 13.1. The molecule has 0 saturated carbocycles. The molecule has 3 nitrogen and oxygen atoms in total. The van der Waals surface area contributed by atoms with Gasteiger partial charge in [0.05, 0.1) is 17.7 Å². The van der Waals surface area contributed by atoms with Crippen LogP contribution in [0.3, 0.4) is 0 Å². The van der Waals surface area contributed by atoms with Gasteiger partial charge in [-0.15, -0.1) is 0 Å². The van der Waals surface area contributed by atoms with Crippen LogP contribution in [0.2, 0.25) is 0 Å². The predicted octanol–water partition coefficient (Wildman–Crippen LogP) is 2.77. The monoisotopic (exact) mass is 316 g/mol. The van der Waals surface area contributed by atoms with Gasteiger partial charge >= 0.3 is 0 Å². The summed E-state index contributed by atoms with van der Waals surface area (Å²) in [5.41, 5.74) is 0.924. The maximum atomic E-state index is 13.1. The first-order chi connectivity index (χ1) is 8.65. The van der Waals surface area contributed by atoms with Crippen LogP contribution in [0.1, 0.15) is 13.3 Å². The van der Waals surface area contributed by atoms with E-state index >= 15 is 0 Å². The molecule has 1 fully saturated rings. The molecular weight excluding hydrogens is 299 g/mol. The fourth-order valence-electron chi connectivity index (χ4n) is 2.13. The lowest BCUT2D eigenvalue weighted by Crippen LogP contribution is -2.43. The second-order valence-corrected chi connectivity index (χ2v) is 5.49. The van der Waals surface area contributed by atoms with Gasteiger partial charge in [0, 0.05) is 24.3 Å². The predicted molar refractivity (Wildman–Crippen MR) is 74.4 cm³/mol. The summed E-state index contributed by atoms with van der Waals surface area (Å²) in [5, 5.41) is 6.79. The fraction of sp³-hybridized carbons (Fsp3) is 0.538. The molecule has 0 spiro atoms. The Labute approximate surface area is 115 Å². The molecule has 1 saturated heterocycles. The van der Waals surface area contributed by atoms with Crippen molar-refractivity contribution in [2.75, 3.05) is 25.1 Å². The van der Waals surface area contributed by atoms with E-state index in [-0.39, 0.29) is 5.82 Å². The maximum Gasteiger partial charge on any atom is 0.137 e. The number of hydrogen-bond acceptors (Lipinski definition) is 3. The van der Waals surface area contributed by atoms with Crippen molar-refractivity contribution in [3.8, 4) is 0 Å². The first kappa shape index (κ1) is 13.8. The molecule has 2 N–H and O–H groups in total. The third-order valence-electron chi connectivity index (χ3n) is 2.97. The number of halogens is 2. The summed E-state index contributed by atoms with van der Waals surface area (Å²) < 4.78 is 19.0. The number of nitrogens with one attached hydrogen (secondary N) is 2. The Bertz CT molecular complexity index is 397. The fourth-order valence-corrected chi connectivity index (χ4v) is 2.51. The molecule has 100 valence electrons. The van der Waals surface area contributed by atoms with Gasteiger partial charge in [-0.1, -0.05) is 0 Å². The van der Waals surface area contributed by atoms with E-state index in [0.29, 0.717) is 16.6 Å². The van der Waals surface area contributed by atoms with Crippen LogP contribution < -0.4 is 10.6 Å². The molecule has 2 unspecified atom stereocenters. The van der Waals surface area contributed by atoms with Crippen molar-refractivity contribution in [2.24, 2.45) is 0 Å². The number of morpholine rings is 1. The van der Waals surface area contributed by atoms with Crippen molar-refractivity contribution in [3.63, 3.8) is 0 Å². The molecule has 2 atom stereocenters. The average molecular weight is 317 g/mol. The van der Waals surface area contributed by atoms with Crippen molar-refractivity contribution in [2.45, 2.75) is 25.4 Å². The highest BCUT2D eigenvalue weighted by Gasteiger charge is 2.16. The summed E-state index contributed by atoms with van der Waals surface area (Å²) in [6, 6.07) is 5.67. The summed E-state index contributed by atoms with van der Waals surface area (Å²) in [6.45, 7) is 4.59. The minimum Gasteiger partial charge on any atom is -0.382 e. The lowest BCUT2D eigenvalue weighted by Gasteiger charge is -2.27. The molecule has 0 aromatic heterocycles. The van der Waals surface area contributed by atoms with Crippen LogP contribution in [0.4, 0.5) is 10.1 Å². The van der Waals surface area contributed by atoms with Gasteiger partial charge in [-0.2, -0.15) is 0 Å². The number of rotatable bonds is 4. The smallest absolute Gasteiger partial charge is 0.137 e. The largest absolute Gasteiger partial charge is 0.382 e. The zero-order valence-electron chi connectivity index (χ0n) is 10.4. The van der Waals surface area contributed by atoms with Crippen molar-refractivity contribution in [3.05, 3.63) is 28.5 Å². The first-order valence-corrected chi connectivity index (χ1v) is 6.97. The van der Waals surface area contributed by atoms with Crippen molar-refractivity contribution in [1.29, 1.82) is 0 Å². The quantitative estimate of drug-likeness (QED) is 0.896. The average Bonchev–Trinajstić information content (AvgIpc) is 2.35. The summed E-state index contributed by atoms with van der Waals surface area (Å²) in [7, 11) is 0. The van der Waals surface area contributed by atoms with Crippen LogP contribution in [0.5, 0.6) is 0 Å². The van der Waals surface area contributed by atoms with Gasteiger partial charge in [0.2, 0.25) is 0 Å². The lowest BCUT2D eigenvalue weighted by atomic mass is 10.1. The minimum absolute atomic E-state index is 0.240. The number of anilines is 1. The van der Waals surface area contributed by atoms with Crippen LogP contribution in [-0.4, -0.2) is 31.8 Å². The third kappa shape index (κ3) is 3.93. The molecule has 2 rings (SSSR count). The molecule has 1 aliphatic heterocycles. The number of hydrogen-bond donors (Lipinski definition) is 2. The minimum atomic E-state index is -0.240. The van der Waals surface area contributed by atoms with E-state index in [4.69, 9.17) is 4.74 Å². The number of benzene rings is 1. The second-order valence-electron chi connectivity index (χ2n) is 4.64. The van der Waals surface area contributed by atoms with E-state index in [0.717, 1.165) is 31.9 Å². The molecule has 1 heterocycles. The van der Waals surface area contributed by atoms with Gasteiger partial charge in [0.15, 0.2) is 0 Å². The van der Waals surface area contributed by atoms with Crippen LogP contribution in [-0.2, 0) is 4.74 Å². The van der Waals surface area contributed by atoms with E-state index < -0.39 is 0 Å². The van der Waals surface area contributed by atoms with Crippen LogP contribution in [0, 0.1) is 5.82 Å². The van der Waals surface area contributed by atoms with Crippen LogP contribution in [0.25, 0.3) is 0 Å². The summed E-state index contributed by atoms with van der Waals surface area (Å²) in [4.78, 5) is 0. The molecule has 0 amide bonds. The Morgan fingerprint density at radius 2 is 2.44 bits per heavy atom. The molecule has 0 bridgehead atoms. The summed E-state index contributed by atoms with van der Waals surface area (Å²) >= 11 is 3.19. The van der Waals surface area contributed by atoms with E-state index in [2.05, 4.69) is 33.5 Å². The SMILES string of the molecule is CC(CC1COCCN1)Nc1ccc(F)c(Br)c1. The Balaban J connectivity index is 1.85. The van der Waals surface area contributed by atoms with Gasteiger partial charge < -0.3 is 15.4 Å². The second kappa shape index (κ2) is 6.50. The summed E-state index contributed by atoms with van der Waals surface area (Å²) in [6.07, 6.45) is 0.981. The van der Waals surface area contributed by atoms with Crippen LogP contribution in [0.15, 0.2) is 22.7 Å². The zero-order valence-corrected chi connectivity index (χ0v) is 12.0. The van der Waals surface area contributed by atoms with E-state index in [1.807, 2.05) is 0 Å². The van der Waals surface area contributed by atoms with Gasteiger partial charge in [-0.25, -0.2) is 4.39 Å². The van der Waals surface area contributed by atoms with E-state index in [9.17, 15) is 4.39 Å². The number of ether oxygens (including phenoxy) is 1. The highest BCUT2D eigenvalue weighted by molar-refractivity contribution is 9.10. The standard InChI is InChI=1S/C13H18BrFN2O/c1-9(6-11-8-18-5-4-16-11)17-10-2-3-13(15)12(14)7-10/h2-3,7,9,11,16-17H,4-6,8H2,1H3. The molecule has 0 aliphatic carbocycles. The Hall–Kier alpha value is -0.650. The highest BCUT2D eigenvalue weighted by atomic mass is 79.9. The summed E-state index contributed by atoms with van der Waals surface area (Å²) in [5.74, 6) is -0.240. The van der Waals surface area contributed by atoms with E-state index in [1.54, 1.807) is 12.1 Å². The van der Waals surface area contributed by atoms with Gasteiger partial charge in [-0.3, -0.25) is 0 Å². The Morgan fingerprint density at radius 3 is 3.11 bits per heavy atom. The normalized spacial score (nSPS) is 21.6. The molecule has 1 aromatic carbocycles. The van der Waals surface area contributed by atoms with Crippen molar-refractivity contribution in [1.82, 2.24) is 5.32 Å². The van der Waals surface area contributed by atoms with Gasteiger partial charge in [-0.05, 0) is 47.5 Å². The molecule has 1 aromatic rings. The van der Waals surface area contributed by atoms with Gasteiger partial charge in [0.25, 0.3) is 0 Å². The molecule has 5 heteroatoms. The third-order valence-corrected chi connectivity index (χ3v) is 3.58. The molecule has 18 heavy (non-hydrogen) atoms. The van der Waals surface area contributed by atoms with Crippen molar-refractivity contribution >= 4 is 21.6 Å². The van der Waals surface area contributed by atoms with Gasteiger partial charge in [0.1, 0.15) is 5.82 Å². The lowest BCUT2D eigenvalue weighted by molar-refractivity contribution is 0.0731. The molecular formula is C13H18BrFN2O. The van der Waals surface area contributed by atoms with Crippen LogP contribution >= 0.6 is 15.9 Å². The zero-order chi connectivity index (χ0) is 13.0. The highest BCUT2D eigenvalue weighted by Crippen LogP contribution is 2.21. The Morgan fingerprint density at radius 1 is 1.61 bits per heavy atom. The first-order valence-electron chi connectivity index (χ1n) is 6.18. The topological polar surface area (TPSA) is 33.3 Å². The van der Waals surface area contributed by atoms with E-state index in [1.165, 1.54) is 6.07 Å².